The van der Waals surface area contributed by atoms with Crippen LogP contribution in [0.5, 0.6) is 0 Å². The molecule has 0 radical (unpaired) electrons. The minimum atomic E-state index is -1.40. The Bertz CT molecular complexity index is 1560. The van der Waals surface area contributed by atoms with E-state index in [1.807, 2.05) is 60.9 Å². The Balaban J connectivity index is 0.00000552. The van der Waals surface area contributed by atoms with Crippen molar-refractivity contribution in [1.29, 1.82) is 0 Å². The molecule has 10 heteroatoms. The maximum atomic E-state index is 14.1. The van der Waals surface area contributed by atoms with E-state index in [-0.39, 0.29) is 67.5 Å². The van der Waals surface area contributed by atoms with Crippen molar-refractivity contribution in [3.8, 4) is 22.3 Å². The van der Waals surface area contributed by atoms with Crippen LogP contribution in [0.4, 0.5) is 4.39 Å². The van der Waals surface area contributed by atoms with E-state index in [1.165, 1.54) is 12.1 Å². The molecule has 2 atom stereocenters. The number of halogens is 1. The molecule has 2 unspecified atom stereocenters. The number of aliphatic carboxylic acids is 1. The summed E-state index contributed by atoms with van der Waals surface area (Å²) in [5.74, 6) is -2.12. The second-order valence-corrected chi connectivity index (χ2v) is 11.2. The number of carboxylic acids is 1. The van der Waals surface area contributed by atoms with Gasteiger partial charge in [-0.1, -0.05) is 66.7 Å². The predicted octanol–water partition coefficient (Wildman–Crippen LogP) is 1.15. The molecule has 232 valence electrons. The van der Waals surface area contributed by atoms with E-state index >= 15 is 0 Å². The molecule has 0 aliphatic carbocycles. The first kappa shape index (κ1) is 36.2. The number of nitrogens with zero attached hydrogens (tertiary/aromatic N) is 1. The molecule has 45 heavy (non-hydrogen) atoms. The van der Waals surface area contributed by atoms with Crippen LogP contribution in [-0.4, -0.2) is 44.0 Å². The molecule has 0 aliphatic heterocycles. The van der Waals surface area contributed by atoms with Gasteiger partial charge >= 0.3 is 29.6 Å². The summed E-state index contributed by atoms with van der Waals surface area (Å²) in [6.45, 7) is 4.08. The summed E-state index contributed by atoms with van der Waals surface area (Å²) in [7, 11) is 0. The van der Waals surface area contributed by atoms with Crippen molar-refractivity contribution < 1.29 is 64.0 Å². The summed E-state index contributed by atoms with van der Waals surface area (Å²) in [6, 6.07) is 22.6. The van der Waals surface area contributed by atoms with E-state index in [4.69, 9.17) is 0 Å². The van der Waals surface area contributed by atoms with Crippen LogP contribution in [0.2, 0.25) is 0 Å². The topological polar surface area (TPSA) is 135 Å². The standard InChI is InChI=1S/C35H39FN2O6.Na/c1-22(2)38-30(17-16-28(40)18-29(41)19-31(42)43)32(26-12-14-27(36)15-13-26)33(25-6-4-3-5-7-25)34(38)35(44)37-20-23-8-10-24(21-39)11-9-23;/h3-15,22,28-29,39-41H,16-21H2,1-2H3,(H,37,44)(H,42,43);/q;+1/p-1. The number of aliphatic hydroxyl groups excluding tert-OH is 3. The van der Waals surface area contributed by atoms with Gasteiger partial charge in [-0.25, -0.2) is 4.39 Å². The molecular weight excluding hydrogens is 586 g/mol. The zero-order valence-corrected chi connectivity index (χ0v) is 27.9. The summed E-state index contributed by atoms with van der Waals surface area (Å²) in [4.78, 5) is 25.0. The summed E-state index contributed by atoms with van der Waals surface area (Å²) in [5, 5.41) is 44.1. The van der Waals surface area contributed by atoms with E-state index < -0.39 is 30.4 Å². The van der Waals surface area contributed by atoms with E-state index in [0.717, 1.165) is 27.9 Å². The molecule has 1 heterocycles. The normalized spacial score (nSPS) is 12.4. The first-order valence-corrected chi connectivity index (χ1v) is 14.7. The number of carbonyl (C=O) groups is 2. The summed E-state index contributed by atoms with van der Waals surface area (Å²) in [5.41, 5.74) is 5.66. The number of aromatic nitrogens is 1. The van der Waals surface area contributed by atoms with Crippen molar-refractivity contribution in [2.24, 2.45) is 0 Å². The van der Waals surface area contributed by atoms with Crippen molar-refractivity contribution in [2.45, 2.75) is 70.9 Å². The van der Waals surface area contributed by atoms with Crippen molar-refractivity contribution in [1.82, 2.24) is 9.88 Å². The van der Waals surface area contributed by atoms with Gasteiger partial charge in [0.2, 0.25) is 0 Å². The van der Waals surface area contributed by atoms with Gasteiger partial charge in [-0.05, 0) is 67.5 Å². The van der Waals surface area contributed by atoms with Crippen LogP contribution in [0.1, 0.15) is 66.5 Å². The number of hydrogen-bond acceptors (Lipinski definition) is 6. The molecule has 0 saturated carbocycles. The van der Waals surface area contributed by atoms with Gasteiger partial charge in [-0.2, -0.15) is 0 Å². The number of hydrogen-bond donors (Lipinski definition) is 4. The van der Waals surface area contributed by atoms with Gasteiger partial charge in [-0.3, -0.25) is 4.79 Å². The molecular formula is C35H38FN2NaO6. The summed E-state index contributed by atoms with van der Waals surface area (Å²) < 4.78 is 16.0. The van der Waals surface area contributed by atoms with Gasteiger partial charge in [0, 0.05) is 41.8 Å². The number of nitrogens with one attached hydrogen (secondary N) is 1. The Labute approximate surface area is 284 Å². The third kappa shape index (κ3) is 9.36. The van der Waals surface area contributed by atoms with E-state index in [9.17, 15) is 34.4 Å². The van der Waals surface area contributed by atoms with E-state index in [1.54, 1.807) is 24.3 Å². The number of rotatable bonds is 14. The zero-order valence-electron chi connectivity index (χ0n) is 25.9. The number of carbonyl (C=O) groups excluding carboxylic acids is 2. The molecule has 8 nitrogen and oxygen atoms in total. The molecule has 0 aliphatic rings. The van der Waals surface area contributed by atoms with Gasteiger partial charge in [0.15, 0.2) is 0 Å². The third-order valence-electron chi connectivity index (χ3n) is 7.55. The Kier molecular flexibility index (Phi) is 13.5. The molecule has 0 fully saturated rings. The fourth-order valence-corrected chi connectivity index (χ4v) is 5.53. The summed E-state index contributed by atoms with van der Waals surface area (Å²) >= 11 is 0. The fraction of sp³-hybridized carbons (Fsp3) is 0.314. The average Bonchev–Trinajstić information content (AvgIpc) is 3.35. The quantitative estimate of drug-likeness (QED) is 0.156. The third-order valence-corrected chi connectivity index (χ3v) is 7.55. The molecule has 1 aromatic heterocycles. The monoisotopic (exact) mass is 624 g/mol. The first-order chi connectivity index (χ1) is 21.1. The van der Waals surface area contributed by atoms with E-state index in [2.05, 4.69) is 5.32 Å². The van der Waals surface area contributed by atoms with Crippen molar-refractivity contribution in [3.05, 3.63) is 107 Å². The van der Waals surface area contributed by atoms with Gasteiger partial charge in [-0.15, -0.1) is 0 Å². The SMILES string of the molecule is CC(C)n1c(CCC(O)CC(O)CC(=O)[O-])c(-c2ccc(F)cc2)c(-c2ccccc2)c1C(=O)NCc1ccc(CO)cc1.[Na+]. The van der Waals surface area contributed by atoms with Crippen molar-refractivity contribution >= 4 is 11.9 Å². The largest absolute Gasteiger partial charge is 1.00 e. The van der Waals surface area contributed by atoms with Crippen LogP contribution in [0, 0.1) is 5.82 Å². The minimum Gasteiger partial charge on any atom is -0.550 e. The van der Waals surface area contributed by atoms with Crippen LogP contribution in [-0.2, 0) is 24.4 Å². The van der Waals surface area contributed by atoms with E-state index in [0.29, 0.717) is 23.2 Å². The molecule has 0 bridgehead atoms. The van der Waals surface area contributed by atoms with Crippen LogP contribution in [0.25, 0.3) is 22.3 Å². The number of carboxylic acid groups (broad SMARTS) is 1. The van der Waals surface area contributed by atoms with Crippen LogP contribution in [0.3, 0.4) is 0 Å². The summed E-state index contributed by atoms with van der Waals surface area (Å²) in [6.07, 6.45) is -2.51. The molecule has 0 spiro atoms. The van der Waals surface area contributed by atoms with Crippen LogP contribution >= 0.6 is 0 Å². The van der Waals surface area contributed by atoms with Crippen LogP contribution in [0.15, 0.2) is 78.9 Å². The average molecular weight is 625 g/mol. The Morgan fingerprint density at radius 3 is 2.04 bits per heavy atom. The molecule has 1 amide bonds. The predicted molar refractivity (Wildman–Crippen MR) is 164 cm³/mol. The maximum Gasteiger partial charge on any atom is 1.00 e. The molecule has 0 saturated heterocycles. The van der Waals surface area contributed by atoms with Crippen molar-refractivity contribution in [2.75, 3.05) is 0 Å². The minimum absolute atomic E-state index is 0. The second kappa shape index (κ2) is 16.8. The van der Waals surface area contributed by atoms with Crippen molar-refractivity contribution in [3.63, 3.8) is 0 Å². The fourth-order valence-electron chi connectivity index (χ4n) is 5.53. The second-order valence-electron chi connectivity index (χ2n) is 11.2. The van der Waals surface area contributed by atoms with Gasteiger partial charge in [0.1, 0.15) is 11.5 Å². The van der Waals surface area contributed by atoms with Crippen LogP contribution < -0.4 is 40.0 Å². The smallest absolute Gasteiger partial charge is 0.550 e. The first-order valence-electron chi connectivity index (χ1n) is 14.7. The molecule has 4 rings (SSSR count). The van der Waals surface area contributed by atoms with Gasteiger partial charge in [0.25, 0.3) is 5.91 Å². The molecule has 4 aromatic rings. The van der Waals surface area contributed by atoms with Gasteiger partial charge in [0.05, 0.1) is 18.8 Å². The van der Waals surface area contributed by atoms with Gasteiger partial charge < -0.3 is 35.1 Å². The Hall–Kier alpha value is -3.31. The number of amides is 1. The number of benzene rings is 3. The number of aliphatic hydroxyl groups is 3. The molecule has 4 N–H and O–H groups in total. The zero-order chi connectivity index (χ0) is 31.8. The Morgan fingerprint density at radius 1 is 0.867 bits per heavy atom. The Morgan fingerprint density at radius 2 is 1.47 bits per heavy atom. The maximum absolute atomic E-state index is 14.1. The molecule has 3 aromatic carbocycles.